The van der Waals surface area contributed by atoms with Crippen molar-refractivity contribution < 1.29 is 22.7 Å². The zero-order valence-electron chi connectivity index (χ0n) is 18.7. The fourth-order valence-corrected chi connectivity index (χ4v) is 5.41. The summed E-state index contributed by atoms with van der Waals surface area (Å²) in [7, 11) is -0.0478. The molecule has 1 heterocycles. The molecule has 0 fully saturated rings. The molecule has 0 aliphatic carbocycles. The Morgan fingerprint density at radius 3 is 2.62 bits per heavy atom. The number of hydrogen-bond donors (Lipinski definition) is 1. The number of likely N-dealkylation sites (N-methyl/N-ethyl adjacent to an activating group) is 1. The highest BCUT2D eigenvalue weighted by Gasteiger charge is 2.37. The highest BCUT2D eigenvalue weighted by atomic mass is 32.2. The third kappa shape index (κ3) is 5.30. The van der Waals surface area contributed by atoms with Gasteiger partial charge in [-0.15, -0.1) is 0 Å². The van der Waals surface area contributed by atoms with Gasteiger partial charge in [0.2, 0.25) is 10.0 Å². The minimum Gasteiger partial charge on any atom is -0.487 e. The van der Waals surface area contributed by atoms with Gasteiger partial charge in [0, 0.05) is 30.6 Å². The summed E-state index contributed by atoms with van der Waals surface area (Å²) in [5.41, 5.74) is 0.774. The molecule has 1 N–H and O–H groups in total. The van der Waals surface area contributed by atoms with E-state index in [-0.39, 0.29) is 41.4 Å². The molecule has 1 aliphatic rings. The van der Waals surface area contributed by atoms with Crippen molar-refractivity contribution in [3.05, 3.63) is 59.4 Å². The van der Waals surface area contributed by atoms with Crippen molar-refractivity contribution in [2.75, 3.05) is 33.8 Å². The average molecular weight is 461 g/mol. The van der Waals surface area contributed by atoms with Gasteiger partial charge in [-0.1, -0.05) is 30.9 Å². The molecular formula is C24H29FN2O4S. The molecule has 2 aromatic rings. The number of rotatable bonds is 4. The normalized spacial score (nSPS) is 21.5. The highest BCUT2D eigenvalue weighted by molar-refractivity contribution is 7.89. The van der Waals surface area contributed by atoms with Crippen LogP contribution in [0.15, 0.2) is 47.4 Å². The zero-order valence-corrected chi connectivity index (χ0v) is 19.6. The fraction of sp³-hybridized carbons (Fsp3) is 0.417. The van der Waals surface area contributed by atoms with Crippen LogP contribution in [0.1, 0.15) is 25.0 Å². The van der Waals surface area contributed by atoms with Crippen LogP contribution in [0.5, 0.6) is 5.75 Å². The zero-order chi connectivity index (χ0) is 23.5. The van der Waals surface area contributed by atoms with E-state index in [4.69, 9.17) is 4.74 Å². The van der Waals surface area contributed by atoms with Crippen molar-refractivity contribution in [1.82, 2.24) is 9.21 Å². The predicted molar refractivity (Wildman–Crippen MR) is 121 cm³/mol. The maximum absolute atomic E-state index is 13.9. The first-order valence-corrected chi connectivity index (χ1v) is 11.9. The van der Waals surface area contributed by atoms with Crippen LogP contribution in [0.3, 0.4) is 0 Å². The molecule has 1 aliphatic heterocycles. The van der Waals surface area contributed by atoms with Crippen molar-refractivity contribution in [2.45, 2.75) is 30.9 Å². The van der Waals surface area contributed by atoms with Crippen LogP contribution in [-0.4, -0.2) is 68.7 Å². The summed E-state index contributed by atoms with van der Waals surface area (Å²) in [5, 5.41) is 9.68. The molecule has 8 heteroatoms. The molecule has 3 rings (SSSR count). The van der Waals surface area contributed by atoms with Gasteiger partial charge in [0.1, 0.15) is 22.6 Å². The van der Waals surface area contributed by atoms with Crippen molar-refractivity contribution in [2.24, 2.45) is 5.92 Å². The van der Waals surface area contributed by atoms with Crippen molar-refractivity contribution in [3.8, 4) is 17.6 Å². The van der Waals surface area contributed by atoms with Gasteiger partial charge in [-0.05, 0) is 51.4 Å². The lowest BCUT2D eigenvalue weighted by Crippen LogP contribution is -2.49. The third-order valence-corrected chi connectivity index (χ3v) is 7.45. The lowest BCUT2D eigenvalue weighted by molar-refractivity contribution is 0.0812. The maximum Gasteiger partial charge on any atom is 0.247 e. The number of halogens is 1. The molecule has 0 unspecified atom stereocenters. The first kappa shape index (κ1) is 24.2. The number of aliphatic hydroxyl groups excluding tert-OH is 1. The van der Waals surface area contributed by atoms with Gasteiger partial charge in [-0.25, -0.2) is 12.8 Å². The molecule has 0 spiro atoms. The van der Waals surface area contributed by atoms with Crippen LogP contribution in [0.25, 0.3) is 0 Å². The van der Waals surface area contributed by atoms with Gasteiger partial charge in [-0.2, -0.15) is 4.31 Å². The molecular weight excluding hydrogens is 431 g/mol. The van der Waals surface area contributed by atoms with E-state index in [1.54, 1.807) is 37.3 Å². The molecule has 6 nitrogen and oxygen atoms in total. The fourth-order valence-electron chi connectivity index (χ4n) is 3.58. The van der Waals surface area contributed by atoms with Gasteiger partial charge in [0.15, 0.2) is 0 Å². The monoisotopic (exact) mass is 460 g/mol. The summed E-state index contributed by atoms with van der Waals surface area (Å²) in [6.45, 7) is 4.16. The SMILES string of the molecule is C[C@H](CO)N1C[C@H](C)[C@@H](CN(C)C)Oc2cc(C#Cc3ccccc3F)ccc2S1(=O)=O. The van der Waals surface area contributed by atoms with Crippen LogP contribution in [0.4, 0.5) is 4.39 Å². The Hall–Kier alpha value is -2.44. The Labute approximate surface area is 189 Å². The van der Waals surface area contributed by atoms with E-state index >= 15 is 0 Å². The summed E-state index contributed by atoms with van der Waals surface area (Å²) in [6.07, 6.45) is -0.276. The van der Waals surface area contributed by atoms with E-state index in [0.717, 1.165) is 0 Å². The number of sulfonamides is 1. The van der Waals surface area contributed by atoms with E-state index in [9.17, 15) is 17.9 Å². The number of ether oxygens (including phenoxy) is 1. The second-order valence-corrected chi connectivity index (χ2v) is 10.3. The molecule has 0 bridgehead atoms. The molecule has 0 aromatic heterocycles. The minimum absolute atomic E-state index is 0.0323. The number of aliphatic hydroxyl groups is 1. The lowest BCUT2D eigenvalue weighted by Gasteiger charge is -2.37. The van der Waals surface area contributed by atoms with Gasteiger partial charge in [-0.3, -0.25) is 0 Å². The van der Waals surface area contributed by atoms with E-state index < -0.39 is 21.9 Å². The van der Waals surface area contributed by atoms with Crippen LogP contribution in [0, 0.1) is 23.6 Å². The van der Waals surface area contributed by atoms with Crippen molar-refractivity contribution in [1.29, 1.82) is 0 Å². The number of fused-ring (bicyclic) bond motifs is 1. The summed E-state index contributed by atoms with van der Waals surface area (Å²) in [6, 6.07) is 10.3. The molecule has 0 radical (unpaired) electrons. The standard InChI is InChI=1S/C24H29FN2O4S/c1-17-14-27(18(2)16-28)32(29,30)24-12-10-19(9-11-20-7-5-6-8-21(20)25)13-22(24)31-23(17)15-26(3)4/h5-8,10,12-13,17-18,23,28H,14-16H2,1-4H3/t17-,18+,23+/m0/s1. The first-order valence-electron chi connectivity index (χ1n) is 10.5. The van der Waals surface area contributed by atoms with Crippen LogP contribution in [0.2, 0.25) is 0 Å². The molecule has 172 valence electrons. The number of nitrogens with zero attached hydrogens (tertiary/aromatic N) is 2. The summed E-state index contributed by atoms with van der Waals surface area (Å²) in [5.74, 6) is 5.36. The second-order valence-electron chi connectivity index (χ2n) is 8.39. The first-order chi connectivity index (χ1) is 15.1. The summed E-state index contributed by atoms with van der Waals surface area (Å²) < 4.78 is 48.3. The van der Waals surface area contributed by atoms with Crippen molar-refractivity contribution >= 4 is 10.0 Å². The maximum atomic E-state index is 13.9. The Kier molecular flexibility index (Phi) is 7.57. The Bertz CT molecular complexity index is 1120. The predicted octanol–water partition coefficient (Wildman–Crippen LogP) is 2.56. The lowest BCUT2D eigenvalue weighted by atomic mass is 10.0. The molecule has 32 heavy (non-hydrogen) atoms. The molecule has 0 amide bonds. The van der Waals surface area contributed by atoms with Crippen LogP contribution in [-0.2, 0) is 10.0 Å². The van der Waals surface area contributed by atoms with Crippen LogP contribution < -0.4 is 4.74 Å². The quantitative estimate of drug-likeness (QED) is 0.711. The molecule has 3 atom stereocenters. The number of benzene rings is 2. The molecule has 0 saturated heterocycles. The third-order valence-electron chi connectivity index (χ3n) is 5.43. The smallest absolute Gasteiger partial charge is 0.247 e. The largest absolute Gasteiger partial charge is 0.487 e. The summed E-state index contributed by atoms with van der Waals surface area (Å²) >= 11 is 0. The topological polar surface area (TPSA) is 70.1 Å². The average Bonchev–Trinajstić information content (AvgIpc) is 2.74. The van der Waals surface area contributed by atoms with Gasteiger partial charge < -0.3 is 14.7 Å². The second kappa shape index (κ2) is 10.0. The Balaban J connectivity index is 2.09. The summed E-state index contributed by atoms with van der Waals surface area (Å²) in [4.78, 5) is 2.02. The highest BCUT2D eigenvalue weighted by Crippen LogP contribution is 2.34. The molecule has 2 aromatic carbocycles. The van der Waals surface area contributed by atoms with Crippen molar-refractivity contribution in [3.63, 3.8) is 0 Å². The minimum atomic E-state index is -3.90. The van der Waals surface area contributed by atoms with E-state index in [0.29, 0.717) is 12.1 Å². The van der Waals surface area contributed by atoms with Crippen LogP contribution >= 0.6 is 0 Å². The van der Waals surface area contributed by atoms with E-state index in [1.807, 2.05) is 25.9 Å². The Morgan fingerprint density at radius 2 is 1.97 bits per heavy atom. The Morgan fingerprint density at radius 1 is 1.25 bits per heavy atom. The molecule has 0 saturated carbocycles. The number of hydrogen-bond acceptors (Lipinski definition) is 5. The van der Waals surface area contributed by atoms with Gasteiger partial charge in [0.05, 0.1) is 12.2 Å². The van der Waals surface area contributed by atoms with Gasteiger partial charge in [0.25, 0.3) is 0 Å². The van der Waals surface area contributed by atoms with E-state index in [1.165, 1.54) is 16.4 Å². The van der Waals surface area contributed by atoms with Gasteiger partial charge >= 0.3 is 0 Å². The van der Waals surface area contributed by atoms with E-state index in [2.05, 4.69) is 11.8 Å².